The number of hydrogen-bond donors (Lipinski definition) is 1. The first-order valence-corrected chi connectivity index (χ1v) is 8.71. The second-order valence-corrected chi connectivity index (χ2v) is 6.55. The molecule has 0 saturated carbocycles. The molecule has 7 heteroatoms. The van der Waals surface area contributed by atoms with Crippen LogP contribution in [0.3, 0.4) is 0 Å². The largest absolute Gasteiger partial charge is 0.333 e. The molecule has 0 aliphatic carbocycles. The molecule has 0 amide bonds. The summed E-state index contributed by atoms with van der Waals surface area (Å²) >= 11 is 1.08. The Labute approximate surface area is 155 Å². The molecule has 0 bridgehead atoms. The standard InChI is InChI=1S/C20H10F2N2O2S/c21-14-10-13(7-6-12-4-2-1-3-5-12)11-15(22)17(14)24-19(25)18-16(8-9-27-18)23-20(24)26/h1-5,8-11H,(H,23,26). The number of aromatic nitrogens is 2. The average molecular weight is 380 g/mol. The zero-order chi connectivity index (χ0) is 19.0. The van der Waals surface area contributed by atoms with Crippen LogP contribution in [0.25, 0.3) is 15.9 Å². The van der Waals surface area contributed by atoms with Gasteiger partial charge in [0.15, 0.2) is 11.6 Å². The fourth-order valence-electron chi connectivity index (χ4n) is 2.66. The second-order valence-electron chi connectivity index (χ2n) is 5.64. The average Bonchev–Trinajstić information content (AvgIpc) is 3.11. The molecule has 2 aromatic heterocycles. The Morgan fingerprint density at radius 2 is 1.59 bits per heavy atom. The molecule has 2 heterocycles. The van der Waals surface area contributed by atoms with E-state index in [9.17, 15) is 18.4 Å². The zero-order valence-corrected chi connectivity index (χ0v) is 14.4. The SMILES string of the molecule is O=c1[nH]c2ccsc2c(=O)n1-c1c(F)cc(C#Cc2ccccc2)cc1F. The maximum Gasteiger partial charge on any atom is 0.333 e. The Balaban J connectivity index is 1.86. The molecule has 0 unspecified atom stereocenters. The van der Waals surface area contributed by atoms with Gasteiger partial charge in [-0.25, -0.2) is 18.1 Å². The van der Waals surface area contributed by atoms with Crippen LogP contribution in [0, 0.1) is 23.5 Å². The molecule has 27 heavy (non-hydrogen) atoms. The van der Waals surface area contributed by atoms with Crippen molar-refractivity contribution >= 4 is 21.6 Å². The molecular formula is C20H10F2N2O2S. The Hall–Kier alpha value is -3.50. The number of rotatable bonds is 1. The van der Waals surface area contributed by atoms with Crippen LogP contribution in [0.15, 0.2) is 63.5 Å². The lowest BCUT2D eigenvalue weighted by Gasteiger charge is -2.08. The van der Waals surface area contributed by atoms with Gasteiger partial charge in [0.05, 0.1) is 5.52 Å². The lowest BCUT2D eigenvalue weighted by atomic mass is 10.1. The minimum Gasteiger partial charge on any atom is -0.306 e. The van der Waals surface area contributed by atoms with Crippen LogP contribution in [0.2, 0.25) is 0 Å². The van der Waals surface area contributed by atoms with Crippen molar-refractivity contribution in [1.29, 1.82) is 0 Å². The van der Waals surface area contributed by atoms with Crippen molar-refractivity contribution in [2.45, 2.75) is 0 Å². The van der Waals surface area contributed by atoms with E-state index in [2.05, 4.69) is 16.8 Å². The first-order chi connectivity index (χ1) is 13.0. The van der Waals surface area contributed by atoms with Gasteiger partial charge in [-0.05, 0) is 35.7 Å². The zero-order valence-electron chi connectivity index (χ0n) is 13.6. The second kappa shape index (κ2) is 6.67. The topological polar surface area (TPSA) is 54.9 Å². The normalized spacial score (nSPS) is 10.6. The van der Waals surface area contributed by atoms with E-state index in [1.807, 2.05) is 6.07 Å². The maximum absolute atomic E-state index is 14.6. The summed E-state index contributed by atoms with van der Waals surface area (Å²) in [6.45, 7) is 0. The van der Waals surface area contributed by atoms with Crippen molar-refractivity contribution in [3.05, 3.63) is 97.5 Å². The fraction of sp³-hybridized carbons (Fsp3) is 0. The highest BCUT2D eigenvalue weighted by Gasteiger charge is 2.18. The third-order valence-electron chi connectivity index (χ3n) is 3.87. The Kier molecular flexibility index (Phi) is 4.18. The number of nitrogens with zero attached hydrogens (tertiary/aromatic N) is 1. The molecule has 4 aromatic rings. The van der Waals surface area contributed by atoms with E-state index < -0.39 is 28.6 Å². The van der Waals surface area contributed by atoms with Crippen LogP contribution < -0.4 is 11.2 Å². The Bertz CT molecular complexity index is 1320. The van der Waals surface area contributed by atoms with Crippen LogP contribution in [-0.2, 0) is 0 Å². The number of H-pyrrole nitrogens is 1. The summed E-state index contributed by atoms with van der Waals surface area (Å²) in [7, 11) is 0. The minimum absolute atomic E-state index is 0.0966. The van der Waals surface area contributed by atoms with E-state index in [4.69, 9.17) is 0 Å². The Morgan fingerprint density at radius 1 is 0.926 bits per heavy atom. The van der Waals surface area contributed by atoms with E-state index in [0.717, 1.165) is 23.5 Å². The summed E-state index contributed by atoms with van der Waals surface area (Å²) in [6, 6.07) is 12.5. The van der Waals surface area contributed by atoms with Gasteiger partial charge >= 0.3 is 5.69 Å². The molecule has 2 aromatic carbocycles. The van der Waals surface area contributed by atoms with Crippen LogP contribution in [0.5, 0.6) is 0 Å². The number of thiophene rings is 1. The fourth-order valence-corrected chi connectivity index (χ4v) is 3.44. The molecule has 1 N–H and O–H groups in total. The minimum atomic E-state index is -1.05. The van der Waals surface area contributed by atoms with E-state index in [1.54, 1.807) is 35.7 Å². The highest BCUT2D eigenvalue weighted by molar-refractivity contribution is 7.17. The number of aromatic amines is 1. The molecule has 4 nitrogen and oxygen atoms in total. The van der Waals surface area contributed by atoms with Gasteiger partial charge in [0.1, 0.15) is 10.4 Å². The first-order valence-electron chi connectivity index (χ1n) is 7.83. The van der Waals surface area contributed by atoms with Crippen molar-refractivity contribution < 1.29 is 8.78 Å². The molecule has 4 rings (SSSR count). The molecule has 0 fully saturated rings. The van der Waals surface area contributed by atoms with Gasteiger partial charge in [-0.3, -0.25) is 4.79 Å². The van der Waals surface area contributed by atoms with E-state index >= 15 is 0 Å². The number of nitrogens with one attached hydrogen (secondary N) is 1. The summed E-state index contributed by atoms with van der Waals surface area (Å²) in [5.41, 5.74) is -1.28. The van der Waals surface area contributed by atoms with E-state index in [-0.39, 0.29) is 10.3 Å². The third kappa shape index (κ3) is 3.07. The monoisotopic (exact) mass is 380 g/mol. The molecule has 0 aliphatic heterocycles. The number of hydrogen-bond acceptors (Lipinski definition) is 3. The number of halogens is 2. The molecule has 0 radical (unpaired) electrons. The van der Waals surface area contributed by atoms with Gasteiger partial charge in [-0.2, -0.15) is 0 Å². The summed E-state index contributed by atoms with van der Waals surface area (Å²) in [4.78, 5) is 27.2. The summed E-state index contributed by atoms with van der Waals surface area (Å²) in [6.07, 6.45) is 0. The predicted molar refractivity (Wildman–Crippen MR) is 100 cm³/mol. The van der Waals surface area contributed by atoms with Gasteiger partial charge in [-0.15, -0.1) is 11.3 Å². The number of fused-ring (bicyclic) bond motifs is 1. The summed E-state index contributed by atoms with van der Waals surface area (Å²) < 4.78 is 29.9. The Morgan fingerprint density at radius 3 is 2.30 bits per heavy atom. The molecule has 0 aliphatic rings. The summed E-state index contributed by atoms with van der Waals surface area (Å²) in [5, 5.41) is 1.61. The number of benzene rings is 2. The lowest BCUT2D eigenvalue weighted by Crippen LogP contribution is -2.34. The van der Waals surface area contributed by atoms with Crippen molar-refractivity contribution in [3.63, 3.8) is 0 Å². The van der Waals surface area contributed by atoms with Crippen LogP contribution >= 0.6 is 11.3 Å². The van der Waals surface area contributed by atoms with Gasteiger partial charge in [0, 0.05) is 11.1 Å². The van der Waals surface area contributed by atoms with Gasteiger partial charge in [0.2, 0.25) is 0 Å². The molecule has 0 atom stereocenters. The summed E-state index contributed by atoms with van der Waals surface area (Å²) in [5.74, 6) is 3.38. The smallest absolute Gasteiger partial charge is 0.306 e. The van der Waals surface area contributed by atoms with Gasteiger partial charge in [-0.1, -0.05) is 30.0 Å². The van der Waals surface area contributed by atoms with E-state index in [0.29, 0.717) is 15.6 Å². The van der Waals surface area contributed by atoms with Gasteiger partial charge in [0.25, 0.3) is 5.56 Å². The molecule has 0 saturated heterocycles. The molecule has 132 valence electrons. The van der Waals surface area contributed by atoms with Crippen molar-refractivity contribution in [3.8, 4) is 17.5 Å². The predicted octanol–water partition coefficient (Wildman–Crippen LogP) is 3.42. The quantitative estimate of drug-likeness (QED) is 0.515. The van der Waals surface area contributed by atoms with Gasteiger partial charge < -0.3 is 4.98 Å². The third-order valence-corrected chi connectivity index (χ3v) is 4.78. The lowest BCUT2D eigenvalue weighted by molar-refractivity contribution is 0.562. The first kappa shape index (κ1) is 16.9. The van der Waals surface area contributed by atoms with E-state index in [1.165, 1.54) is 0 Å². The van der Waals surface area contributed by atoms with Crippen molar-refractivity contribution in [2.75, 3.05) is 0 Å². The van der Waals surface area contributed by atoms with Crippen LogP contribution in [0.4, 0.5) is 8.78 Å². The molecular weight excluding hydrogens is 370 g/mol. The highest BCUT2D eigenvalue weighted by Crippen LogP contribution is 2.19. The molecule has 0 spiro atoms. The van der Waals surface area contributed by atoms with Crippen molar-refractivity contribution in [2.24, 2.45) is 0 Å². The maximum atomic E-state index is 14.6. The highest BCUT2D eigenvalue weighted by atomic mass is 32.1. The van der Waals surface area contributed by atoms with Crippen LogP contribution in [0.1, 0.15) is 11.1 Å². The van der Waals surface area contributed by atoms with Crippen molar-refractivity contribution in [1.82, 2.24) is 9.55 Å². The van der Waals surface area contributed by atoms with Crippen LogP contribution in [-0.4, -0.2) is 9.55 Å².